The van der Waals surface area contributed by atoms with Crippen LogP contribution in [0.15, 0.2) is 21.3 Å². The molecule has 1 heterocycles. The zero-order chi connectivity index (χ0) is 25.8. The predicted octanol–water partition coefficient (Wildman–Crippen LogP) is 5.96. The lowest BCUT2D eigenvalue weighted by atomic mass is 9.98. The number of nitrogens with one attached hydrogen (secondary N) is 1. The van der Waals surface area contributed by atoms with Crippen molar-refractivity contribution < 1.29 is 23.5 Å². The first kappa shape index (κ1) is 28.4. The molecule has 9 heteroatoms. The second-order valence-electron chi connectivity index (χ2n) is 9.50. The van der Waals surface area contributed by atoms with Gasteiger partial charge < -0.3 is 19.2 Å². The monoisotopic (exact) mass is 601 g/mol. The Morgan fingerprint density at radius 3 is 2.41 bits per heavy atom. The van der Waals surface area contributed by atoms with Gasteiger partial charge in [-0.1, -0.05) is 52.1 Å². The first-order chi connectivity index (χ1) is 15.8. The maximum Gasteiger partial charge on any atom is 0.408 e. The maximum atomic E-state index is 13.3. The normalized spacial score (nSPS) is 14.4. The van der Waals surface area contributed by atoms with Crippen LogP contribution in [0.1, 0.15) is 57.7 Å². The highest BCUT2D eigenvalue weighted by Crippen LogP contribution is 2.35. The van der Waals surface area contributed by atoms with E-state index in [9.17, 15) is 14.4 Å². The minimum atomic E-state index is -0.914. The number of carbonyl (C=O) groups excluding carboxylic acids is 2. The first-order valence-electron chi connectivity index (χ1n) is 11.3. The lowest BCUT2D eigenvalue weighted by Gasteiger charge is -2.26. The van der Waals surface area contributed by atoms with Crippen LogP contribution in [-0.4, -0.2) is 33.9 Å². The van der Waals surface area contributed by atoms with E-state index in [1.807, 2.05) is 26.8 Å². The van der Waals surface area contributed by atoms with Gasteiger partial charge >= 0.3 is 17.7 Å². The van der Waals surface area contributed by atoms with E-state index < -0.39 is 29.3 Å². The van der Waals surface area contributed by atoms with Crippen LogP contribution >= 0.6 is 31.9 Å². The molecule has 0 fully saturated rings. The van der Waals surface area contributed by atoms with Gasteiger partial charge in [0, 0.05) is 27.2 Å². The maximum absolute atomic E-state index is 13.3. The molecule has 2 aromatic rings. The Hall–Kier alpha value is -1.87. The summed E-state index contributed by atoms with van der Waals surface area (Å²) in [6.07, 6.45) is 0.517. The van der Waals surface area contributed by atoms with E-state index in [1.54, 1.807) is 27.7 Å². The van der Waals surface area contributed by atoms with Crippen LogP contribution in [0.5, 0.6) is 5.75 Å². The van der Waals surface area contributed by atoms with Crippen molar-refractivity contribution in [2.24, 2.45) is 5.92 Å². The van der Waals surface area contributed by atoms with E-state index in [1.165, 1.54) is 6.07 Å². The fraction of sp³-hybridized carbons (Fsp3) is 0.560. The molecule has 1 amide bonds. The van der Waals surface area contributed by atoms with E-state index in [0.29, 0.717) is 35.1 Å². The molecule has 1 N–H and O–H groups in total. The molecular formula is C25H33Br2NO6. The van der Waals surface area contributed by atoms with Crippen molar-refractivity contribution >= 4 is 54.9 Å². The van der Waals surface area contributed by atoms with E-state index in [4.69, 9.17) is 13.9 Å². The van der Waals surface area contributed by atoms with E-state index in [0.717, 1.165) is 16.5 Å². The Bertz CT molecular complexity index is 1110. The van der Waals surface area contributed by atoms with Crippen molar-refractivity contribution in [2.75, 3.05) is 5.33 Å². The van der Waals surface area contributed by atoms with Crippen LogP contribution < -0.4 is 15.7 Å². The molecule has 0 aliphatic rings. The fourth-order valence-electron chi connectivity index (χ4n) is 3.51. The molecule has 34 heavy (non-hydrogen) atoms. The van der Waals surface area contributed by atoms with Crippen LogP contribution in [0.4, 0.5) is 4.79 Å². The van der Waals surface area contributed by atoms with Crippen LogP contribution in [0, 0.1) is 19.8 Å². The number of hydrogen-bond donors (Lipinski definition) is 1. The Morgan fingerprint density at radius 2 is 1.85 bits per heavy atom. The van der Waals surface area contributed by atoms with E-state index in [-0.39, 0.29) is 10.7 Å². The number of fused-ring (bicyclic) bond motifs is 1. The zero-order valence-electron chi connectivity index (χ0n) is 20.7. The van der Waals surface area contributed by atoms with Gasteiger partial charge in [0.2, 0.25) is 0 Å². The SMILES string of the molecule is CC[C@@H](C)[C@H](NC(=O)OC(C)(C)C)C(=O)Oc1c(C[C@@H](Br)CBr)cc2c(C)cc(=O)oc2c1C. The lowest BCUT2D eigenvalue weighted by Crippen LogP contribution is -2.48. The Balaban J connectivity index is 2.52. The summed E-state index contributed by atoms with van der Waals surface area (Å²) in [6.45, 7) is 12.6. The second-order valence-corrected chi connectivity index (χ2v) is 11.4. The first-order valence-corrected chi connectivity index (χ1v) is 13.3. The molecule has 2 rings (SSSR count). The number of rotatable bonds is 8. The minimum absolute atomic E-state index is 0.0862. The van der Waals surface area contributed by atoms with Gasteiger partial charge in [-0.15, -0.1) is 0 Å². The third kappa shape index (κ3) is 7.31. The van der Waals surface area contributed by atoms with Crippen molar-refractivity contribution in [3.63, 3.8) is 0 Å². The summed E-state index contributed by atoms with van der Waals surface area (Å²) in [6, 6.07) is 2.42. The van der Waals surface area contributed by atoms with E-state index >= 15 is 0 Å². The van der Waals surface area contributed by atoms with Gasteiger partial charge in [0.1, 0.15) is 23.0 Å². The summed E-state index contributed by atoms with van der Waals surface area (Å²) in [5.74, 6) is -0.476. The van der Waals surface area contributed by atoms with E-state index in [2.05, 4.69) is 37.2 Å². The molecule has 0 radical (unpaired) electrons. The smallest absolute Gasteiger partial charge is 0.408 e. The molecule has 7 nitrogen and oxygen atoms in total. The third-order valence-corrected chi connectivity index (χ3v) is 7.75. The molecule has 1 aromatic heterocycles. The summed E-state index contributed by atoms with van der Waals surface area (Å²) in [7, 11) is 0. The van der Waals surface area contributed by atoms with Crippen LogP contribution in [0.2, 0.25) is 0 Å². The highest BCUT2D eigenvalue weighted by Gasteiger charge is 2.31. The summed E-state index contributed by atoms with van der Waals surface area (Å²) < 4.78 is 16.7. The number of benzene rings is 1. The molecule has 0 aliphatic carbocycles. The van der Waals surface area contributed by atoms with Gasteiger partial charge in [0.15, 0.2) is 0 Å². The number of alkyl carbamates (subject to hydrolysis) is 1. The average Bonchev–Trinajstić information content (AvgIpc) is 2.73. The number of hydrogen-bond acceptors (Lipinski definition) is 6. The molecule has 188 valence electrons. The molecule has 0 spiro atoms. The molecule has 3 atom stereocenters. The average molecular weight is 603 g/mol. The minimum Gasteiger partial charge on any atom is -0.444 e. The lowest BCUT2D eigenvalue weighted by molar-refractivity contribution is -0.138. The van der Waals surface area contributed by atoms with Gasteiger partial charge in [-0.3, -0.25) is 0 Å². The second kappa shape index (κ2) is 11.7. The van der Waals surface area contributed by atoms with Crippen LogP contribution in [0.3, 0.4) is 0 Å². The number of ether oxygens (including phenoxy) is 2. The molecule has 0 saturated carbocycles. The Kier molecular flexibility index (Phi) is 9.77. The summed E-state index contributed by atoms with van der Waals surface area (Å²) in [5.41, 5.74) is 1.32. The van der Waals surface area contributed by atoms with Gasteiger partial charge in [-0.2, -0.15) is 0 Å². The van der Waals surface area contributed by atoms with Crippen molar-refractivity contribution in [3.8, 4) is 5.75 Å². The zero-order valence-corrected chi connectivity index (χ0v) is 23.9. The molecule has 0 unspecified atom stereocenters. The quantitative estimate of drug-likeness (QED) is 0.173. The van der Waals surface area contributed by atoms with Crippen molar-refractivity contribution in [1.29, 1.82) is 0 Å². The van der Waals surface area contributed by atoms with Gasteiger partial charge in [0.25, 0.3) is 0 Å². The molecular weight excluding hydrogens is 570 g/mol. The summed E-state index contributed by atoms with van der Waals surface area (Å²) >= 11 is 7.09. The van der Waals surface area contributed by atoms with Gasteiger partial charge in [-0.05, 0) is 64.2 Å². The topological polar surface area (TPSA) is 94.8 Å². The molecule has 0 aliphatic heterocycles. The van der Waals surface area contributed by atoms with Crippen molar-refractivity contribution in [2.45, 2.75) is 77.8 Å². The standard InChI is InChI=1S/C25H33Br2NO6/c1-8-13(2)20(28-24(31)34-25(5,6)7)23(30)33-21-15(4)22-18(14(3)9-19(29)32-22)11-16(21)10-17(27)12-26/h9,11,13,17,20H,8,10,12H2,1-7H3,(H,28,31)/t13-,17-,20+/m1/s1. The van der Waals surface area contributed by atoms with Crippen LogP contribution in [0.25, 0.3) is 11.0 Å². The van der Waals surface area contributed by atoms with Crippen LogP contribution in [-0.2, 0) is 16.0 Å². The number of alkyl halides is 2. The highest BCUT2D eigenvalue weighted by molar-refractivity contribution is 9.12. The Morgan fingerprint density at radius 1 is 1.21 bits per heavy atom. The molecule has 0 saturated heterocycles. The highest BCUT2D eigenvalue weighted by atomic mass is 79.9. The fourth-order valence-corrected chi connectivity index (χ4v) is 4.09. The molecule has 0 bridgehead atoms. The number of halogens is 2. The molecule has 1 aromatic carbocycles. The summed E-state index contributed by atoms with van der Waals surface area (Å²) in [4.78, 5) is 37.9. The van der Waals surface area contributed by atoms with Crippen molar-refractivity contribution in [3.05, 3.63) is 39.2 Å². The van der Waals surface area contributed by atoms with Gasteiger partial charge in [0.05, 0.1) is 0 Å². The largest absolute Gasteiger partial charge is 0.444 e. The van der Waals surface area contributed by atoms with Crippen molar-refractivity contribution in [1.82, 2.24) is 5.32 Å². The number of amides is 1. The number of aryl methyl sites for hydroxylation is 2. The van der Waals surface area contributed by atoms with Gasteiger partial charge in [-0.25, -0.2) is 14.4 Å². The third-order valence-electron chi connectivity index (χ3n) is 5.45. The summed E-state index contributed by atoms with van der Waals surface area (Å²) in [5, 5.41) is 4.14. The Labute approximate surface area is 217 Å². The number of carbonyl (C=O) groups is 2. The predicted molar refractivity (Wildman–Crippen MR) is 140 cm³/mol. The number of esters is 1.